The van der Waals surface area contributed by atoms with Gasteiger partial charge in [0.1, 0.15) is 19.3 Å². The van der Waals surface area contributed by atoms with Crippen LogP contribution >= 0.6 is 15.6 Å². The molecule has 0 spiro atoms. The molecule has 2 unspecified atom stereocenters. The smallest absolute Gasteiger partial charge is 0.462 e. The summed E-state index contributed by atoms with van der Waals surface area (Å²) in [6.07, 6.45) is 58.1. The van der Waals surface area contributed by atoms with E-state index in [1.165, 1.54) is 225 Å². The summed E-state index contributed by atoms with van der Waals surface area (Å²) in [4.78, 5) is 72.8. The molecule has 564 valence electrons. The van der Waals surface area contributed by atoms with Gasteiger partial charge in [0.15, 0.2) is 12.2 Å². The molecule has 0 radical (unpaired) electrons. The highest BCUT2D eigenvalue weighted by Gasteiger charge is 2.30. The number of carbonyl (C=O) groups is 4. The first-order valence-corrected chi connectivity index (χ1v) is 42.6. The number of rotatable bonds is 76. The molecule has 0 heterocycles. The summed E-state index contributed by atoms with van der Waals surface area (Å²) in [7, 11) is -9.91. The standard InChI is InChI=1S/C76H148O17P2/c1-6-9-12-15-18-21-24-26-27-32-35-40-45-50-55-60-74(79)87-66-72(93-76(81)62-57-52-47-42-37-33-29-28-31-34-38-43-48-53-58-69(4)5)68-91-95(84,85)89-64-70(77)63-88-94(82,83)90-67-71(65-86-73(78)59-54-49-44-39-23-20-17-14-11-8-3)92-75(80)61-56-51-46-41-36-30-25-22-19-16-13-10-7-2/h69-72,77H,6-68H2,1-5H3,(H,82,83)(H,84,85)/t70-,71+,72+/m0/s1. The van der Waals surface area contributed by atoms with Crippen molar-refractivity contribution in [2.45, 2.75) is 419 Å². The molecule has 0 aliphatic carbocycles. The highest BCUT2D eigenvalue weighted by atomic mass is 31.2. The lowest BCUT2D eigenvalue weighted by Crippen LogP contribution is -2.30. The number of hydrogen-bond acceptors (Lipinski definition) is 15. The minimum atomic E-state index is -4.96. The van der Waals surface area contributed by atoms with Gasteiger partial charge in [-0.25, -0.2) is 9.13 Å². The van der Waals surface area contributed by atoms with Gasteiger partial charge >= 0.3 is 39.5 Å². The summed E-state index contributed by atoms with van der Waals surface area (Å²) < 4.78 is 68.5. The molecule has 95 heavy (non-hydrogen) atoms. The van der Waals surface area contributed by atoms with Crippen molar-refractivity contribution in [2.24, 2.45) is 5.92 Å². The second-order valence-electron chi connectivity index (χ2n) is 27.9. The van der Waals surface area contributed by atoms with E-state index < -0.39 is 97.5 Å². The predicted octanol–water partition coefficient (Wildman–Crippen LogP) is 22.5. The summed E-state index contributed by atoms with van der Waals surface area (Å²) in [6.45, 7) is 7.32. The molecule has 0 rings (SSSR count). The normalized spacial score (nSPS) is 13.9. The van der Waals surface area contributed by atoms with Crippen LogP contribution in [0.3, 0.4) is 0 Å². The van der Waals surface area contributed by atoms with E-state index in [1.54, 1.807) is 0 Å². The van der Waals surface area contributed by atoms with Crippen LogP contribution < -0.4 is 0 Å². The van der Waals surface area contributed by atoms with Crippen LogP contribution in [0.1, 0.15) is 401 Å². The lowest BCUT2D eigenvalue weighted by Gasteiger charge is -2.21. The van der Waals surface area contributed by atoms with E-state index in [0.29, 0.717) is 25.7 Å². The maximum absolute atomic E-state index is 13.1. The summed E-state index contributed by atoms with van der Waals surface area (Å²) in [5.74, 6) is -1.32. The Morgan fingerprint density at radius 1 is 0.284 bits per heavy atom. The van der Waals surface area contributed by atoms with Gasteiger partial charge in [0.25, 0.3) is 0 Å². The van der Waals surface area contributed by atoms with Gasteiger partial charge < -0.3 is 33.8 Å². The average molecular weight is 1400 g/mol. The SMILES string of the molecule is CCCCCCCCCCCCCCCCCC(=O)OC[C@H](COP(=O)(O)OC[C@@H](O)COP(=O)(O)OC[C@@H](COC(=O)CCCCCCCCCCCC)OC(=O)CCCCCCCCCCCCCCC)OC(=O)CCCCCCCCCCCCCCCCC(C)C. The van der Waals surface area contributed by atoms with Gasteiger partial charge in [-0.1, -0.05) is 349 Å². The number of aliphatic hydroxyl groups excluding tert-OH is 1. The van der Waals surface area contributed by atoms with Crippen LogP contribution in [0.2, 0.25) is 0 Å². The van der Waals surface area contributed by atoms with E-state index in [9.17, 15) is 43.2 Å². The first-order valence-electron chi connectivity index (χ1n) is 39.6. The fourth-order valence-electron chi connectivity index (χ4n) is 11.7. The minimum Gasteiger partial charge on any atom is -0.462 e. The second kappa shape index (κ2) is 69.2. The van der Waals surface area contributed by atoms with Crippen LogP contribution in [0.15, 0.2) is 0 Å². The number of phosphoric ester groups is 2. The first-order chi connectivity index (χ1) is 46.0. The number of aliphatic hydroxyl groups is 1. The second-order valence-corrected chi connectivity index (χ2v) is 30.8. The third kappa shape index (κ3) is 70.3. The van der Waals surface area contributed by atoms with E-state index in [1.807, 2.05) is 0 Å². The lowest BCUT2D eigenvalue weighted by atomic mass is 10.0. The lowest BCUT2D eigenvalue weighted by molar-refractivity contribution is -0.161. The quantitative estimate of drug-likeness (QED) is 0.0222. The Morgan fingerprint density at radius 3 is 0.716 bits per heavy atom. The Labute approximate surface area is 581 Å². The van der Waals surface area contributed by atoms with Crippen molar-refractivity contribution in [3.05, 3.63) is 0 Å². The van der Waals surface area contributed by atoms with Gasteiger partial charge in [-0.15, -0.1) is 0 Å². The molecule has 0 saturated carbocycles. The zero-order chi connectivity index (χ0) is 69.8. The van der Waals surface area contributed by atoms with Crippen molar-refractivity contribution in [1.29, 1.82) is 0 Å². The highest BCUT2D eigenvalue weighted by molar-refractivity contribution is 7.47. The topological polar surface area (TPSA) is 237 Å². The molecular formula is C76H148O17P2. The Hall–Kier alpha value is -1.94. The zero-order valence-corrected chi connectivity index (χ0v) is 63.6. The van der Waals surface area contributed by atoms with Crippen molar-refractivity contribution in [3.63, 3.8) is 0 Å². The van der Waals surface area contributed by atoms with Crippen LogP contribution in [0.5, 0.6) is 0 Å². The van der Waals surface area contributed by atoms with Crippen LogP contribution in [-0.2, 0) is 65.4 Å². The van der Waals surface area contributed by atoms with Crippen LogP contribution in [-0.4, -0.2) is 96.7 Å². The number of phosphoric acid groups is 2. The fraction of sp³-hybridized carbons (Fsp3) is 0.947. The molecule has 0 bridgehead atoms. The van der Waals surface area contributed by atoms with Gasteiger partial charge in [-0.05, 0) is 31.6 Å². The van der Waals surface area contributed by atoms with Crippen molar-refractivity contribution >= 4 is 39.5 Å². The van der Waals surface area contributed by atoms with Crippen molar-refractivity contribution in [3.8, 4) is 0 Å². The molecule has 0 aromatic heterocycles. The van der Waals surface area contributed by atoms with E-state index in [2.05, 4.69) is 34.6 Å². The Balaban J connectivity index is 5.24. The zero-order valence-electron chi connectivity index (χ0n) is 61.8. The molecule has 5 atom stereocenters. The maximum atomic E-state index is 13.1. The van der Waals surface area contributed by atoms with Crippen molar-refractivity contribution in [2.75, 3.05) is 39.6 Å². The molecule has 0 aliphatic rings. The van der Waals surface area contributed by atoms with Crippen molar-refractivity contribution < 1.29 is 80.2 Å². The third-order valence-corrected chi connectivity index (χ3v) is 19.7. The fourth-order valence-corrected chi connectivity index (χ4v) is 13.3. The molecule has 0 fully saturated rings. The van der Waals surface area contributed by atoms with E-state index in [0.717, 1.165) is 95.8 Å². The van der Waals surface area contributed by atoms with Gasteiger partial charge in [0.2, 0.25) is 0 Å². The molecule has 17 nitrogen and oxygen atoms in total. The number of ether oxygens (including phenoxy) is 4. The van der Waals surface area contributed by atoms with E-state index in [4.69, 9.17) is 37.0 Å². The molecular weight excluding hydrogens is 1250 g/mol. The molecule has 0 aromatic carbocycles. The third-order valence-electron chi connectivity index (χ3n) is 17.8. The predicted molar refractivity (Wildman–Crippen MR) is 386 cm³/mol. The minimum absolute atomic E-state index is 0.108. The van der Waals surface area contributed by atoms with Gasteiger partial charge in [0.05, 0.1) is 26.4 Å². The van der Waals surface area contributed by atoms with Crippen LogP contribution in [0.4, 0.5) is 0 Å². The summed E-state index contributed by atoms with van der Waals surface area (Å²) in [6, 6.07) is 0. The number of carbonyl (C=O) groups excluding carboxylic acids is 4. The molecule has 19 heteroatoms. The number of unbranched alkanes of at least 4 members (excludes halogenated alkanes) is 48. The van der Waals surface area contributed by atoms with Crippen molar-refractivity contribution in [1.82, 2.24) is 0 Å². The molecule has 0 aromatic rings. The van der Waals surface area contributed by atoms with Crippen LogP contribution in [0, 0.1) is 5.92 Å². The number of esters is 4. The average Bonchev–Trinajstić information content (AvgIpc) is 2.40. The molecule has 0 amide bonds. The molecule has 0 aliphatic heterocycles. The summed E-state index contributed by atoms with van der Waals surface area (Å²) in [5, 5.41) is 10.6. The van der Waals surface area contributed by atoms with E-state index in [-0.39, 0.29) is 25.7 Å². The monoisotopic (exact) mass is 1400 g/mol. The van der Waals surface area contributed by atoms with Gasteiger partial charge in [0, 0.05) is 25.7 Å². The molecule has 3 N–H and O–H groups in total. The summed E-state index contributed by atoms with van der Waals surface area (Å²) in [5.41, 5.74) is 0. The van der Waals surface area contributed by atoms with E-state index >= 15 is 0 Å². The summed E-state index contributed by atoms with van der Waals surface area (Å²) >= 11 is 0. The Morgan fingerprint density at radius 2 is 0.484 bits per heavy atom. The molecule has 0 saturated heterocycles. The van der Waals surface area contributed by atoms with Gasteiger partial charge in [-0.2, -0.15) is 0 Å². The Kier molecular flexibility index (Phi) is 67.7. The van der Waals surface area contributed by atoms with Crippen LogP contribution in [0.25, 0.3) is 0 Å². The van der Waals surface area contributed by atoms with Gasteiger partial charge in [-0.3, -0.25) is 37.3 Å². The largest absolute Gasteiger partial charge is 0.472 e. The first kappa shape index (κ1) is 93.1. The maximum Gasteiger partial charge on any atom is 0.472 e. The number of hydrogen-bond donors (Lipinski definition) is 3. The highest BCUT2D eigenvalue weighted by Crippen LogP contribution is 2.45. The Bertz CT molecular complexity index is 1820.